The van der Waals surface area contributed by atoms with Crippen molar-refractivity contribution in [2.24, 2.45) is 45.8 Å². The SMILES string of the molecule is CC(C)CCC1(C)OC2CC(=O)OCC23C1C(=O)C(O)C1(C)C3CCC2(C)C(c3ccoc3CCC3C=CC(C4CNCN4)CC3)OC(=O)C3OC321. The lowest BCUT2D eigenvalue weighted by Gasteiger charge is -2.66. The predicted molar refractivity (Wildman–Crippen MR) is 187 cm³/mol. The van der Waals surface area contributed by atoms with E-state index in [-0.39, 0.29) is 30.7 Å². The third-order valence-electron chi connectivity index (χ3n) is 15.6. The standard InChI is InChI=1S/C41H56N2O9/c1-22(2)12-16-38(4)32-31(45)33(46)39(5)28(40(32)20-49-30(44)18-29(40)51-38)13-15-37(3)34(50-36(47)35-41(37,39)52-35)25-14-17-48-27(25)11-8-23-6-9-24(10-7-23)26-19-42-21-43-26/h6,9,14,17,22-24,26,28-29,32-35,42-43,46H,7-8,10-13,15-16,18-21H2,1-5H3. The van der Waals surface area contributed by atoms with Crippen LogP contribution in [0.15, 0.2) is 28.9 Å². The number of furan rings is 1. The van der Waals surface area contributed by atoms with Crippen LogP contribution in [-0.4, -0.2) is 78.2 Å². The summed E-state index contributed by atoms with van der Waals surface area (Å²) in [7, 11) is 0. The van der Waals surface area contributed by atoms with Gasteiger partial charge in [-0.05, 0) is 81.6 Å². The second-order valence-corrected chi connectivity index (χ2v) is 18.6. The van der Waals surface area contributed by atoms with Crippen LogP contribution in [0.5, 0.6) is 0 Å². The van der Waals surface area contributed by atoms with Crippen LogP contribution in [0.4, 0.5) is 0 Å². The average Bonchev–Trinajstić information content (AvgIpc) is 3.38. The lowest BCUT2D eigenvalue weighted by molar-refractivity contribution is -0.252. The van der Waals surface area contributed by atoms with Crippen LogP contribution in [0.25, 0.3) is 0 Å². The highest BCUT2D eigenvalue weighted by molar-refractivity contribution is 5.92. The normalized spacial score (nSPS) is 49.1. The largest absolute Gasteiger partial charge is 0.469 e. The molecule has 14 atom stereocenters. The summed E-state index contributed by atoms with van der Waals surface area (Å²) < 4.78 is 31.9. The molecule has 8 aliphatic rings. The fourth-order valence-electron chi connectivity index (χ4n) is 13.1. The number of carbonyl (C=O) groups is 3. The molecule has 5 aliphatic heterocycles. The molecular weight excluding hydrogens is 664 g/mol. The van der Waals surface area contributed by atoms with E-state index in [2.05, 4.69) is 43.6 Å². The van der Waals surface area contributed by atoms with Crippen molar-refractivity contribution in [2.45, 2.75) is 134 Å². The molecule has 0 amide bonds. The Hall–Kier alpha value is -2.57. The van der Waals surface area contributed by atoms with Gasteiger partial charge in [-0.25, -0.2) is 4.79 Å². The summed E-state index contributed by atoms with van der Waals surface area (Å²) >= 11 is 0. The highest BCUT2D eigenvalue weighted by Gasteiger charge is 2.91. The number of carbonyl (C=O) groups excluding carboxylic acids is 3. The van der Waals surface area contributed by atoms with Crippen LogP contribution in [0.2, 0.25) is 0 Å². The van der Waals surface area contributed by atoms with Crippen molar-refractivity contribution >= 4 is 17.7 Å². The third-order valence-corrected chi connectivity index (χ3v) is 15.6. The van der Waals surface area contributed by atoms with Crippen molar-refractivity contribution in [3.63, 3.8) is 0 Å². The predicted octanol–water partition coefficient (Wildman–Crippen LogP) is 4.56. The van der Waals surface area contributed by atoms with Crippen molar-refractivity contribution in [1.82, 2.24) is 10.6 Å². The van der Waals surface area contributed by atoms with Crippen molar-refractivity contribution in [3.05, 3.63) is 35.8 Å². The number of rotatable bonds is 8. The van der Waals surface area contributed by atoms with E-state index in [0.29, 0.717) is 49.5 Å². The monoisotopic (exact) mass is 720 g/mol. The quantitative estimate of drug-likeness (QED) is 0.197. The number of cyclic esters (lactones) is 2. The van der Waals surface area contributed by atoms with E-state index in [9.17, 15) is 19.5 Å². The molecule has 11 heteroatoms. The Balaban J connectivity index is 1.04. The van der Waals surface area contributed by atoms with Gasteiger partial charge in [0.1, 0.15) is 30.2 Å². The van der Waals surface area contributed by atoms with E-state index in [1.54, 1.807) is 6.26 Å². The maximum atomic E-state index is 14.9. The van der Waals surface area contributed by atoms with E-state index < -0.39 is 63.8 Å². The van der Waals surface area contributed by atoms with Gasteiger partial charge in [-0.2, -0.15) is 0 Å². The van der Waals surface area contributed by atoms with E-state index in [1.165, 1.54) is 0 Å². The molecule has 0 aromatic carbocycles. The van der Waals surface area contributed by atoms with E-state index in [0.717, 1.165) is 50.2 Å². The zero-order valence-electron chi connectivity index (χ0n) is 31.3. The molecule has 284 valence electrons. The Labute approximate surface area is 306 Å². The number of Topliss-reactive ketones (excluding diaryl/α,β-unsaturated/α-hetero) is 1. The van der Waals surface area contributed by atoms with Crippen molar-refractivity contribution in [1.29, 1.82) is 0 Å². The minimum atomic E-state index is -1.40. The highest BCUT2D eigenvalue weighted by Crippen LogP contribution is 2.80. The Morgan fingerprint density at radius 2 is 1.87 bits per heavy atom. The molecule has 5 saturated heterocycles. The summed E-state index contributed by atoms with van der Waals surface area (Å²) in [6.45, 7) is 12.3. The number of hydrogen-bond acceptors (Lipinski definition) is 11. The number of aliphatic hydroxyl groups is 1. The van der Waals surface area contributed by atoms with Gasteiger partial charge < -0.3 is 33.8 Å². The Morgan fingerprint density at radius 1 is 1.04 bits per heavy atom. The molecule has 2 spiro atoms. The van der Waals surface area contributed by atoms with Crippen LogP contribution >= 0.6 is 0 Å². The number of nitrogens with one attached hydrogen (secondary N) is 2. The summed E-state index contributed by atoms with van der Waals surface area (Å²) in [5.74, 6) is 0.142. The molecule has 14 unspecified atom stereocenters. The molecule has 2 saturated carbocycles. The summed E-state index contributed by atoms with van der Waals surface area (Å²) in [6.07, 6.45) is 9.61. The first-order valence-electron chi connectivity index (χ1n) is 19.9. The maximum Gasteiger partial charge on any atom is 0.339 e. The molecule has 52 heavy (non-hydrogen) atoms. The van der Waals surface area contributed by atoms with Crippen LogP contribution < -0.4 is 10.6 Å². The average molecular weight is 721 g/mol. The summed E-state index contributed by atoms with van der Waals surface area (Å²) in [5.41, 5.74) is -3.95. The van der Waals surface area contributed by atoms with Gasteiger partial charge in [0.2, 0.25) is 0 Å². The molecule has 1 aromatic rings. The van der Waals surface area contributed by atoms with Gasteiger partial charge in [-0.15, -0.1) is 0 Å². The van der Waals surface area contributed by atoms with Crippen LogP contribution in [0, 0.1) is 45.8 Å². The number of epoxide rings is 1. The van der Waals surface area contributed by atoms with Crippen molar-refractivity contribution in [3.8, 4) is 0 Å². The van der Waals surface area contributed by atoms with Crippen molar-refractivity contribution < 1.29 is 42.9 Å². The second-order valence-electron chi connectivity index (χ2n) is 18.6. The second kappa shape index (κ2) is 12.0. The zero-order chi connectivity index (χ0) is 36.4. The molecule has 6 heterocycles. The number of fused-ring (bicyclic) bond motifs is 1. The van der Waals surface area contributed by atoms with Crippen molar-refractivity contribution in [2.75, 3.05) is 19.8 Å². The number of hydrogen-bond donors (Lipinski definition) is 3. The first-order chi connectivity index (χ1) is 24.8. The first-order valence-corrected chi connectivity index (χ1v) is 19.9. The Morgan fingerprint density at radius 3 is 2.60 bits per heavy atom. The third kappa shape index (κ3) is 4.58. The Kier molecular flexibility index (Phi) is 8.09. The van der Waals surface area contributed by atoms with Crippen LogP contribution in [0.3, 0.4) is 0 Å². The minimum absolute atomic E-state index is 0.0543. The Bertz CT molecular complexity index is 1670. The maximum absolute atomic E-state index is 14.9. The van der Waals surface area contributed by atoms with E-state index in [1.807, 2.05) is 19.9 Å². The molecule has 1 aromatic heterocycles. The number of ether oxygens (including phenoxy) is 4. The lowest BCUT2D eigenvalue weighted by atomic mass is 9.36. The molecule has 0 radical (unpaired) electrons. The highest BCUT2D eigenvalue weighted by atomic mass is 16.7. The van der Waals surface area contributed by atoms with Crippen LogP contribution in [-0.2, 0) is 39.8 Å². The number of aryl methyl sites for hydroxylation is 1. The van der Waals surface area contributed by atoms with Gasteiger partial charge in [-0.3, -0.25) is 14.9 Å². The molecule has 9 rings (SSSR count). The van der Waals surface area contributed by atoms with Crippen LogP contribution in [0.1, 0.15) is 103 Å². The molecule has 0 bridgehead atoms. The summed E-state index contributed by atoms with van der Waals surface area (Å²) in [5, 5.41) is 19.4. The molecular formula is C41H56N2O9. The molecule has 7 fully saturated rings. The first kappa shape index (κ1) is 35.2. The van der Waals surface area contributed by atoms with Gasteiger partial charge in [-0.1, -0.05) is 39.8 Å². The molecule has 3 aliphatic carbocycles. The van der Waals surface area contributed by atoms with Gasteiger partial charge in [0.05, 0.1) is 30.3 Å². The zero-order valence-corrected chi connectivity index (χ0v) is 31.3. The van der Waals surface area contributed by atoms with Gasteiger partial charge >= 0.3 is 11.9 Å². The minimum Gasteiger partial charge on any atom is -0.469 e. The number of ketones is 1. The van der Waals surface area contributed by atoms with Gasteiger partial charge in [0, 0.05) is 47.5 Å². The lowest BCUT2D eigenvalue weighted by Crippen LogP contribution is -2.76. The number of esters is 2. The number of allylic oxidation sites excluding steroid dienone is 1. The fraction of sp³-hybridized carbons (Fsp3) is 0.780. The summed E-state index contributed by atoms with van der Waals surface area (Å²) in [4.78, 5) is 41.7. The number of aliphatic hydroxyl groups excluding tert-OH is 1. The van der Waals surface area contributed by atoms with E-state index in [4.69, 9.17) is 23.4 Å². The summed E-state index contributed by atoms with van der Waals surface area (Å²) in [6, 6.07) is 2.42. The molecule has 3 N–H and O–H groups in total. The molecule has 11 nitrogen and oxygen atoms in total. The fourth-order valence-corrected chi connectivity index (χ4v) is 13.1. The van der Waals surface area contributed by atoms with Gasteiger partial charge in [0.15, 0.2) is 11.9 Å². The van der Waals surface area contributed by atoms with Gasteiger partial charge in [0.25, 0.3) is 0 Å². The topological polar surface area (TPSA) is 149 Å². The smallest absolute Gasteiger partial charge is 0.339 e. The van der Waals surface area contributed by atoms with E-state index >= 15 is 0 Å².